The molecule has 4 aromatic heterocycles. The van der Waals surface area contributed by atoms with Gasteiger partial charge in [0.2, 0.25) is 0 Å². The largest absolute Gasteiger partial charge is 0.444 e. The van der Waals surface area contributed by atoms with E-state index in [-0.39, 0.29) is 78.4 Å². The third kappa shape index (κ3) is 14.1. The Bertz CT molecular complexity index is 3470. The molecule has 4 atom stereocenters. The summed E-state index contributed by atoms with van der Waals surface area (Å²) in [6.45, 7) is 14.6. The van der Waals surface area contributed by atoms with Crippen molar-refractivity contribution >= 4 is 92.0 Å². The number of alkyl halides is 6. The zero-order chi connectivity index (χ0) is 60.8. The van der Waals surface area contributed by atoms with Crippen molar-refractivity contribution in [2.45, 2.75) is 102 Å². The molecule has 2 saturated heterocycles. The van der Waals surface area contributed by atoms with E-state index in [1.165, 1.54) is 29.8 Å². The Morgan fingerprint density at radius 3 is 1.46 bits per heavy atom. The van der Waals surface area contributed by atoms with E-state index in [0.29, 0.717) is 49.2 Å². The first-order valence-corrected chi connectivity index (χ1v) is 28.8. The Labute approximate surface area is 504 Å². The van der Waals surface area contributed by atoms with E-state index in [9.17, 15) is 35.9 Å². The summed E-state index contributed by atoms with van der Waals surface area (Å²) in [6.07, 6.45) is -8.99. The number of hydrogen-bond acceptors (Lipinski definition) is 12. The number of H-pyrrole nitrogens is 2. The van der Waals surface area contributed by atoms with E-state index in [2.05, 4.69) is 39.8 Å². The lowest BCUT2D eigenvalue weighted by molar-refractivity contribution is -0.141. The number of azide groups is 1. The number of rotatable bonds is 9. The molecule has 0 aliphatic carbocycles. The number of halogens is 10. The van der Waals surface area contributed by atoms with E-state index < -0.39 is 63.2 Å². The predicted molar refractivity (Wildman–Crippen MR) is 316 cm³/mol. The van der Waals surface area contributed by atoms with Crippen LogP contribution in [0.2, 0.25) is 20.1 Å². The van der Waals surface area contributed by atoms with Crippen molar-refractivity contribution in [2.75, 3.05) is 88.3 Å². The molecule has 2 amide bonds. The highest BCUT2D eigenvalue weighted by Gasteiger charge is 2.43. The molecule has 4 aliphatic heterocycles. The monoisotopic (exact) mass is 1250 g/mol. The molecule has 4 unspecified atom stereocenters. The maximum absolute atomic E-state index is 13.7. The minimum absolute atomic E-state index is 0. The first kappa shape index (κ1) is 62.4. The molecule has 18 nitrogen and oxygen atoms in total. The molecule has 4 N–H and O–H groups in total. The summed E-state index contributed by atoms with van der Waals surface area (Å²) in [6, 6.07) is 15.3. The van der Waals surface area contributed by atoms with Gasteiger partial charge in [-0.15, -0.1) is 0 Å². The molecule has 8 heterocycles. The van der Waals surface area contributed by atoms with Gasteiger partial charge in [0.25, 0.3) is 0 Å². The molecule has 10 rings (SSSR count). The first-order chi connectivity index (χ1) is 39.5. The van der Waals surface area contributed by atoms with Crippen LogP contribution in [0.15, 0.2) is 65.8 Å². The number of carbonyl (C=O) groups is 2. The Kier molecular flexibility index (Phi) is 18.4. The number of amides is 2. The van der Waals surface area contributed by atoms with E-state index in [0.717, 1.165) is 45.2 Å². The number of hydrogen-bond donors (Lipinski definition) is 3. The van der Waals surface area contributed by atoms with Gasteiger partial charge in [-0.2, -0.15) is 26.3 Å². The molecule has 456 valence electrons. The number of nitrogens with two attached hydrogens (primary N) is 1. The van der Waals surface area contributed by atoms with Gasteiger partial charge in [-0.1, -0.05) is 51.5 Å². The van der Waals surface area contributed by atoms with Crippen molar-refractivity contribution in [3.63, 3.8) is 0 Å². The number of piperazine rings is 2. The standard InChI is InChI=1S/C28H31Cl2F3N8O2.C28H33Cl2F3N6O2.2H2/c1-27(2,3)43-26(42)40-10-11-41(23-7-5-20(30)25(37-23)28(31,32)33)17(15-40)14-39-9-8-18-19-12-16(29)4-6-21(19)36-24(18)22(39)13-35-38-34;1-27(2,3)41-26(40)38-10-11-39(23-7-5-20(30)25(36-23)28(31,32)33)17(15-38)14-37-9-8-18-19-12-16(29)4-6-21(19)35-24(18)22(37)13-34;;/h4-7,12,17,22,36H,8-11,13-15H2,1-3H3;4-7,12,17,22,35H,8-11,13-15,34H2,1-3H3;2*1H. The summed E-state index contributed by atoms with van der Waals surface area (Å²) in [5.41, 5.74) is 17.8. The first-order valence-electron chi connectivity index (χ1n) is 27.3. The number of benzene rings is 2. The summed E-state index contributed by atoms with van der Waals surface area (Å²) in [5, 5.41) is 6.24. The highest BCUT2D eigenvalue weighted by atomic mass is 35.5. The second-order valence-corrected chi connectivity index (χ2v) is 24.8. The zero-order valence-electron chi connectivity index (χ0n) is 46.9. The second kappa shape index (κ2) is 24.7. The van der Waals surface area contributed by atoms with Crippen LogP contribution in [0.5, 0.6) is 0 Å². The van der Waals surface area contributed by atoms with E-state index in [1.54, 1.807) is 62.3 Å². The molecule has 4 aliphatic rings. The summed E-state index contributed by atoms with van der Waals surface area (Å²) in [5.74, 6) is 0.257. The fourth-order valence-corrected chi connectivity index (χ4v) is 12.3. The van der Waals surface area contributed by atoms with Gasteiger partial charge in [0.1, 0.15) is 22.8 Å². The average molecular weight is 1260 g/mol. The lowest BCUT2D eigenvalue weighted by Gasteiger charge is -2.46. The van der Waals surface area contributed by atoms with Gasteiger partial charge in [-0.25, -0.2) is 19.6 Å². The van der Waals surface area contributed by atoms with Crippen LogP contribution in [-0.4, -0.2) is 154 Å². The summed E-state index contributed by atoms with van der Waals surface area (Å²) in [7, 11) is 0. The lowest BCUT2D eigenvalue weighted by atomic mass is 9.96. The Morgan fingerprint density at radius 1 is 0.655 bits per heavy atom. The highest BCUT2D eigenvalue weighted by Crippen LogP contribution is 2.41. The minimum atomic E-state index is -4.73. The lowest BCUT2D eigenvalue weighted by Crippen LogP contribution is -2.60. The smallest absolute Gasteiger partial charge is 0.434 e. The number of nitrogens with zero attached hydrogens (tertiary/aromatic N) is 11. The third-order valence-electron chi connectivity index (χ3n) is 15.1. The summed E-state index contributed by atoms with van der Waals surface area (Å²) < 4.78 is 93.4. The number of aromatic nitrogens is 4. The van der Waals surface area contributed by atoms with Crippen molar-refractivity contribution in [3.8, 4) is 0 Å². The van der Waals surface area contributed by atoms with E-state index >= 15 is 0 Å². The number of ether oxygens (including phenoxy) is 2. The molecular formula is C56H68Cl4F6N14O4. The number of pyridine rings is 2. The van der Waals surface area contributed by atoms with Crippen molar-refractivity contribution < 1.29 is 48.3 Å². The molecule has 0 spiro atoms. The van der Waals surface area contributed by atoms with E-state index in [4.69, 9.17) is 67.1 Å². The van der Waals surface area contributed by atoms with Crippen LogP contribution < -0.4 is 15.5 Å². The van der Waals surface area contributed by atoms with Crippen LogP contribution in [-0.2, 0) is 34.7 Å². The number of anilines is 2. The molecule has 2 fully saturated rings. The molecule has 84 heavy (non-hydrogen) atoms. The number of aromatic amines is 2. The Morgan fingerprint density at radius 2 is 1.07 bits per heavy atom. The molecule has 2 aromatic carbocycles. The van der Waals surface area contributed by atoms with Crippen molar-refractivity contribution in [2.24, 2.45) is 10.8 Å². The average Bonchev–Trinajstić information content (AvgIpc) is 1.61. The maximum Gasteiger partial charge on any atom is 0.434 e. The van der Waals surface area contributed by atoms with Crippen LogP contribution in [0.1, 0.15) is 90.4 Å². The van der Waals surface area contributed by atoms with Gasteiger partial charge in [-0.3, -0.25) is 9.80 Å². The van der Waals surface area contributed by atoms with Crippen LogP contribution >= 0.6 is 46.4 Å². The zero-order valence-corrected chi connectivity index (χ0v) is 49.9. The predicted octanol–water partition coefficient (Wildman–Crippen LogP) is 13.6. The molecule has 6 aromatic rings. The topological polar surface area (TPSA) is 204 Å². The Hall–Kier alpha value is -6.11. The fourth-order valence-electron chi connectivity index (χ4n) is 11.5. The van der Waals surface area contributed by atoms with E-state index in [1.807, 2.05) is 35.2 Å². The quantitative estimate of drug-likeness (QED) is 0.0538. The highest BCUT2D eigenvalue weighted by molar-refractivity contribution is 6.32. The van der Waals surface area contributed by atoms with Crippen LogP contribution in [0.4, 0.5) is 47.6 Å². The number of nitrogens with one attached hydrogen (secondary N) is 2. The van der Waals surface area contributed by atoms with Gasteiger partial charge < -0.3 is 44.8 Å². The van der Waals surface area contributed by atoms with Gasteiger partial charge in [0.05, 0.1) is 34.2 Å². The third-order valence-corrected chi connectivity index (χ3v) is 16.2. The summed E-state index contributed by atoms with van der Waals surface area (Å²) in [4.78, 5) is 54.9. The SMILES string of the molecule is CC(C)(C)OC(=O)N1CCN(c2ccc(Cl)c(C(F)(F)F)n2)C(CN2CCc3c([nH]c4ccc(Cl)cc34)C2CN)C1.CC(C)(C)OC(=O)N1CCN(c2ccc(Cl)c(C(F)(F)F)n2)C(CN2CCc3c([nH]c4ccc(Cl)cc34)C2CN=[N+]=[N-])C1.[HH].[HH]. The number of carbonyl (C=O) groups excluding carboxylic acids is 2. The molecule has 0 saturated carbocycles. The van der Waals surface area contributed by atoms with Crippen LogP contribution in [0, 0.1) is 0 Å². The molecule has 28 heteroatoms. The molecule has 0 radical (unpaired) electrons. The maximum atomic E-state index is 13.7. The molecule has 0 bridgehead atoms. The van der Waals surface area contributed by atoms with Crippen molar-refractivity contribution in [1.29, 1.82) is 0 Å². The second-order valence-electron chi connectivity index (χ2n) is 23.1. The fraction of sp³-hybridized carbons (Fsp3) is 0.500. The number of fused-ring (bicyclic) bond motifs is 6. The van der Waals surface area contributed by atoms with Gasteiger partial charge in [0.15, 0.2) is 11.4 Å². The normalized spacial score (nSPS) is 20.1. The molecular weight excluding hydrogens is 1190 g/mol. The summed E-state index contributed by atoms with van der Waals surface area (Å²) >= 11 is 24.3. The van der Waals surface area contributed by atoms with Gasteiger partial charge in [0, 0.05) is 130 Å². The van der Waals surface area contributed by atoms with Crippen molar-refractivity contribution in [3.05, 3.63) is 125 Å². The van der Waals surface area contributed by atoms with Gasteiger partial charge in [-0.05, 0) is 132 Å². The van der Waals surface area contributed by atoms with Crippen LogP contribution in [0.3, 0.4) is 0 Å². The Balaban J connectivity index is 0.000000241. The minimum Gasteiger partial charge on any atom is -0.444 e. The van der Waals surface area contributed by atoms with Crippen molar-refractivity contribution in [1.82, 2.24) is 39.5 Å². The van der Waals surface area contributed by atoms with Gasteiger partial charge >= 0.3 is 24.5 Å². The van der Waals surface area contributed by atoms with Crippen LogP contribution in [0.25, 0.3) is 32.2 Å².